The van der Waals surface area contributed by atoms with Gasteiger partial charge in [-0.2, -0.15) is 14.7 Å². The summed E-state index contributed by atoms with van der Waals surface area (Å²) in [4.78, 5) is 34.7. The highest BCUT2D eigenvalue weighted by molar-refractivity contribution is 7.58. The summed E-state index contributed by atoms with van der Waals surface area (Å²) >= 11 is 0. The van der Waals surface area contributed by atoms with Gasteiger partial charge in [0.05, 0.1) is 6.54 Å². The van der Waals surface area contributed by atoms with E-state index in [0.29, 0.717) is 0 Å². The Bertz CT molecular complexity index is 121. The summed E-state index contributed by atoms with van der Waals surface area (Å²) in [6.07, 6.45) is -0.487. The molecule has 6 nitrogen and oxygen atoms in total. The average molecular weight is 170 g/mol. The molecule has 60 valence electrons. The quantitative estimate of drug-likeness (QED) is 0.323. The molecule has 0 rings (SSSR count). The summed E-state index contributed by atoms with van der Waals surface area (Å²) in [7, 11) is -3.85. The molecular weight excluding hydrogens is 161 g/mol. The Morgan fingerprint density at radius 2 is 1.90 bits per heavy atom. The Morgan fingerprint density at radius 1 is 1.40 bits per heavy atom. The van der Waals surface area contributed by atoms with Crippen molar-refractivity contribution >= 4 is 13.9 Å². The fourth-order valence-corrected chi connectivity index (χ4v) is 0.725. The summed E-state index contributed by atoms with van der Waals surface area (Å²) in [5, 5.41) is 10.1. The van der Waals surface area contributed by atoms with Crippen LogP contribution in [0.25, 0.3) is 0 Å². The lowest BCUT2D eigenvalue weighted by molar-refractivity contribution is -0.135. The van der Waals surface area contributed by atoms with E-state index in [9.17, 15) is 4.79 Å². The maximum absolute atomic E-state index is 9.79. The minimum absolute atomic E-state index is 0.399. The molecule has 0 aromatic carbocycles. The molecule has 0 aliphatic heterocycles. The molecule has 0 fully saturated rings. The molecule has 0 radical (unpaired) electrons. The van der Waals surface area contributed by atoms with Crippen molar-refractivity contribution in [3.63, 3.8) is 0 Å². The van der Waals surface area contributed by atoms with Crippen LogP contribution in [0.4, 0.5) is 0 Å². The van der Waals surface area contributed by atoms with Crippen LogP contribution in [0.1, 0.15) is 0 Å². The topological polar surface area (TPSA) is 110 Å². The Balaban J connectivity index is 3.29. The summed E-state index contributed by atoms with van der Waals surface area (Å²) < 4.78 is 0. The van der Waals surface area contributed by atoms with Crippen LogP contribution >= 0.6 is 7.94 Å². The molecule has 0 bridgehead atoms. The first kappa shape index (κ1) is 9.74. The van der Waals surface area contributed by atoms with Gasteiger partial charge in [-0.3, -0.25) is 10.1 Å². The maximum Gasteiger partial charge on any atom is 0.418 e. The van der Waals surface area contributed by atoms with Gasteiger partial charge in [0.1, 0.15) is 0 Å². The normalized spacial score (nSPS) is 11.5. The van der Waals surface area contributed by atoms with Gasteiger partial charge >= 0.3 is 13.9 Å². The minimum Gasteiger partial charge on any atom is -0.480 e. The summed E-state index contributed by atoms with van der Waals surface area (Å²) in [6, 6.07) is 0. The van der Waals surface area contributed by atoms with E-state index >= 15 is 0 Å². The van der Waals surface area contributed by atoms with Crippen molar-refractivity contribution in [2.45, 2.75) is 0 Å². The minimum atomic E-state index is -3.85. The van der Waals surface area contributed by atoms with E-state index in [1.54, 1.807) is 0 Å². The van der Waals surface area contributed by atoms with Gasteiger partial charge in [-0.25, -0.2) is 0 Å². The van der Waals surface area contributed by atoms with Gasteiger partial charge in [0, 0.05) is 0 Å². The van der Waals surface area contributed by atoms with E-state index < -0.39 is 26.7 Å². The lowest BCUT2D eigenvalue weighted by Gasteiger charge is -2.02. The number of hydrogen-bond acceptors (Lipinski definition) is 5. The molecule has 0 saturated carbocycles. The second-order valence-corrected chi connectivity index (χ2v) is 3.37. The van der Waals surface area contributed by atoms with Gasteiger partial charge in [-0.05, 0) is 0 Å². The number of hydrogen-bond donors (Lipinski definition) is 5. The highest BCUT2D eigenvalue weighted by atomic mass is 31.2. The SMILES string of the molecule is O=C(O)CNC[P+](O)(O)O. The predicted octanol–water partition coefficient (Wildman–Crippen LogP) is -1.64. The molecule has 0 aromatic heterocycles. The van der Waals surface area contributed by atoms with Crippen LogP contribution in [0.15, 0.2) is 0 Å². The molecule has 0 amide bonds. The third-order valence-electron chi connectivity index (χ3n) is 0.600. The van der Waals surface area contributed by atoms with Gasteiger partial charge < -0.3 is 5.11 Å². The fourth-order valence-electron chi connectivity index (χ4n) is 0.313. The highest BCUT2D eigenvalue weighted by Crippen LogP contribution is 2.42. The Morgan fingerprint density at radius 3 is 2.20 bits per heavy atom. The van der Waals surface area contributed by atoms with Crippen molar-refractivity contribution in [3.8, 4) is 0 Å². The van der Waals surface area contributed by atoms with Crippen LogP contribution in [-0.2, 0) is 4.79 Å². The van der Waals surface area contributed by atoms with E-state index in [1.165, 1.54) is 0 Å². The zero-order valence-corrected chi connectivity index (χ0v) is 5.95. The van der Waals surface area contributed by atoms with Crippen molar-refractivity contribution in [1.82, 2.24) is 5.32 Å². The fraction of sp³-hybridized carbons (Fsp3) is 0.667. The standard InChI is InChI=1S/C3H8NO5P/c5-3(6)1-4-2-10(7,8)9/h4,7-9H,1-2H2/p+1. The smallest absolute Gasteiger partial charge is 0.418 e. The monoisotopic (exact) mass is 170 g/mol. The van der Waals surface area contributed by atoms with Crippen LogP contribution < -0.4 is 5.32 Å². The summed E-state index contributed by atoms with van der Waals surface area (Å²) in [5.74, 6) is -1.12. The van der Waals surface area contributed by atoms with Gasteiger partial charge in [0.15, 0.2) is 6.29 Å². The average Bonchev–Trinajstić information content (AvgIpc) is 1.59. The molecule has 0 aromatic rings. The molecular formula is C3H9NO5P+. The number of nitrogens with one attached hydrogen (secondary N) is 1. The third kappa shape index (κ3) is 7.74. The van der Waals surface area contributed by atoms with E-state index in [0.717, 1.165) is 0 Å². The highest BCUT2D eigenvalue weighted by Gasteiger charge is 2.28. The molecule has 0 unspecified atom stereocenters. The first-order valence-electron chi connectivity index (χ1n) is 2.40. The zero-order valence-electron chi connectivity index (χ0n) is 5.06. The Kier molecular flexibility index (Phi) is 3.70. The van der Waals surface area contributed by atoms with Crippen LogP contribution in [0.5, 0.6) is 0 Å². The van der Waals surface area contributed by atoms with Crippen LogP contribution in [-0.4, -0.2) is 38.6 Å². The number of carboxylic acid groups (broad SMARTS) is 1. The maximum atomic E-state index is 9.79. The molecule has 0 heterocycles. The van der Waals surface area contributed by atoms with Crippen LogP contribution in [0.2, 0.25) is 0 Å². The molecule has 7 heteroatoms. The van der Waals surface area contributed by atoms with Crippen LogP contribution in [0, 0.1) is 0 Å². The summed E-state index contributed by atoms with van der Waals surface area (Å²) in [5.41, 5.74) is 0. The van der Waals surface area contributed by atoms with Gasteiger partial charge in [-0.15, -0.1) is 0 Å². The van der Waals surface area contributed by atoms with Crippen molar-refractivity contribution in [2.75, 3.05) is 12.8 Å². The van der Waals surface area contributed by atoms with Gasteiger partial charge in [0.2, 0.25) is 0 Å². The molecule has 0 saturated heterocycles. The first-order chi connectivity index (χ1) is 4.42. The van der Waals surface area contributed by atoms with Crippen molar-refractivity contribution < 1.29 is 24.6 Å². The van der Waals surface area contributed by atoms with Gasteiger partial charge in [-0.1, -0.05) is 0 Å². The van der Waals surface area contributed by atoms with E-state index in [4.69, 9.17) is 19.8 Å². The van der Waals surface area contributed by atoms with Crippen LogP contribution in [0.3, 0.4) is 0 Å². The largest absolute Gasteiger partial charge is 0.480 e. The van der Waals surface area contributed by atoms with E-state index in [-0.39, 0.29) is 0 Å². The second-order valence-electron chi connectivity index (χ2n) is 1.67. The predicted molar refractivity (Wildman–Crippen MR) is 34.1 cm³/mol. The third-order valence-corrected chi connectivity index (χ3v) is 1.25. The number of carbonyl (C=O) groups is 1. The van der Waals surface area contributed by atoms with Gasteiger partial charge in [0.25, 0.3) is 0 Å². The van der Waals surface area contributed by atoms with E-state index in [1.807, 2.05) is 0 Å². The van der Waals surface area contributed by atoms with E-state index in [2.05, 4.69) is 5.32 Å². The van der Waals surface area contributed by atoms with Crippen molar-refractivity contribution in [3.05, 3.63) is 0 Å². The molecule has 0 atom stereocenters. The molecule has 0 aliphatic rings. The van der Waals surface area contributed by atoms with Crippen molar-refractivity contribution in [1.29, 1.82) is 0 Å². The first-order valence-corrected chi connectivity index (χ1v) is 4.24. The number of carboxylic acids is 1. The number of rotatable bonds is 4. The zero-order chi connectivity index (χ0) is 8.20. The molecule has 0 spiro atoms. The second kappa shape index (κ2) is 3.80. The molecule has 0 aliphatic carbocycles. The number of aliphatic carboxylic acids is 1. The molecule has 10 heavy (non-hydrogen) atoms. The Hall–Kier alpha value is -0.260. The lowest BCUT2D eigenvalue weighted by atomic mass is 10.7. The van der Waals surface area contributed by atoms with Crippen molar-refractivity contribution in [2.24, 2.45) is 0 Å². The molecule has 5 N–H and O–H groups in total. The Labute approximate surface area is 57.7 Å². The summed E-state index contributed by atoms with van der Waals surface area (Å²) in [6.45, 7) is -0.399. The lowest BCUT2D eigenvalue weighted by Crippen LogP contribution is -2.24.